The lowest BCUT2D eigenvalue weighted by atomic mass is 10.1. The Morgan fingerprint density at radius 1 is 1.37 bits per heavy atom. The molecular weight excluding hydrogens is 352 g/mol. The van der Waals surface area contributed by atoms with Crippen LogP contribution in [0.1, 0.15) is 30.6 Å². The van der Waals surface area contributed by atoms with Gasteiger partial charge in [0.25, 0.3) is 5.91 Å². The van der Waals surface area contributed by atoms with Crippen molar-refractivity contribution in [1.82, 2.24) is 20.1 Å². The van der Waals surface area contributed by atoms with E-state index in [9.17, 15) is 14.4 Å². The van der Waals surface area contributed by atoms with Gasteiger partial charge in [0.15, 0.2) is 0 Å². The van der Waals surface area contributed by atoms with E-state index < -0.39 is 12.0 Å². The van der Waals surface area contributed by atoms with Gasteiger partial charge in [-0.3, -0.25) is 19.3 Å². The number of aromatic nitrogens is 1. The molecule has 0 saturated carbocycles. The molecule has 0 spiro atoms. The fourth-order valence-electron chi connectivity index (χ4n) is 3.35. The number of nitrogens with one attached hydrogen (secondary N) is 1. The van der Waals surface area contributed by atoms with Gasteiger partial charge in [-0.05, 0) is 32.4 Å². The fraction of sp³-hybridized carbons (Fsp3) is 0.556. The third kappa shape index (κ3) is 4.94. The highest BCUT2D eigenvalue weighted by molar-refractivity contribution is 5.96. The van der Waals surface area contributed by atoms with Gasteiger partial charge in [-0.25, -0.2) is 4.98 Å². The summed E-state index contributed by atoms with van der Waals surface area (Å²) in [6.07, 6.45) is 1.88. The summed E-state index contributed by atoms with van der Waals surface area (Å²) in [6.45, 7) is 4.91. The van der Waals surface area contributed by atoms with Crippen molar-refractivity contribution in [3.05, 3.63) is 23.9 Å². The summed E-state index contributed by atoms with van der Waals surface area (Å²) in [5, 5.41) is 12.0. The van der Waals surface area contributed by atoms with Crippen LogP contribution < -0.4 is 10.1 Å². The van der Waals surface area contributed by atoms with E-state index in [4.69, 9.17) is 9.84 Å². The molecule has 0 radical (unpaired) electrons. The maximum atomic E-state index is 12.7. The average Bonchev–Trinajstić information content (AvgIpc) is 3.03. The number of hydrogen-bond donors (Lipinski definition) is 2. The number of methoxy groups -OCH3 is 1. The molecule has 1 aromatic rings. The number of nitrogens with zero attached hydrogens (tertiary/aromatic N) is 3. The van der Waals surface area contributed by atoms with E-state index in [-0.39, 0.29) is 36.8 Å². The average molecular weight is 378 g/mol. The molecule has 9 heteroatoms. The van der Waals surface area contributed by atoms with Crippen LogP contribution in [-0.4, -0.2) is 83.0 Å². The zero-order valence-electron chi connectivity index (χ0n) is 15.8. The van der Waals surface area contributed by atoms with E-state index >= 15 is 0 Å². The molecule has 0 bridgehead atoms. The molecule has 27 heavy (non-hydrogen) atoms. The molecule has 2 rings (SSSR count). The highest BCUT2D eigenvalue weighted by atomic mass is 16.5. The number of ether oxygens (including phenoxy) is 1. The largest absolute Gasteiger partial charge is 0.480 e. The zero-order chi connectivity index (χ0) is 20.0. The second-order valence-electron chi connectivity index (χ2n) is 6.32. The van der Waals surface area contributed by atoms with Gasteiger partial charge in [0.05, 0.1) is 19.7 Å². The predicted octanol–water partition coefficient (Wildman–Crippen LogP) is 0.216. The van der Waals surface area contributed by atoms with Gasteiger partial charge < -0.3 is 20.1 Å². The minimum absolute atomic E-state index is 0.114. The summed E-state index contributed by atoms with van der Waals surface area (Å²) in [6, 6.07) is 2.33. The number of aliphatic carboxylic acids is 1. The molecule has 0 unspecified atom stereocenters. The van der Waals surface area contributed by atoms with Crippen molar-refractivity contribution < 1.29 is 24.2 Å². The molecule has 148 valence electrons. The van der Waals surface area contributed by atoms with Crippen molar-refractivity contribution in [2.45, 2.75) is 32.4 Å². The Labute approximate surface area is 158 Å². The first kappa shape index (κ1) is 20.6. The Morgan fingerprint density at radius 3 is 2.67 bits per heavy atom. The van der Waals surface area contributed by atoms with Gasteiger partial charge in [-0.15, -0.1) is 0 Å². The third-order valence-electron chi connectivity index (χ3n) is 4.65. The number of carbonyl (C=O) groups excluding carboxylic acids is 2. The molecule has 1 aromatic heterocycles. The van der Waals surface area contributed by atoms with E-state index in [0.717, 1.165) is 0 Å². The lowest BCUT2D eigenvalue weighted by Crippen LogP contribution is -2.47. The molecule has 2 amide bonds. The number of carboxylic acids is 1. The number of likely N-dealkylation sites (N-methyl/N-ethyl adjacent to an activating group) is 1. The molecule has 2 atom stereocenters. The summed E-state index contributed by atoms with van der Waals surface area (Å²) < 4.78 is 5.10. The van der Waals surface area contributed by atoms with Gasteiger partial charge in [0, 0.05) is 31.9 Å². The summed E-state index contributed by atoms with van der Waals surface area (Å²) in [5.41, 5.74) is 0.295. The fourth-order valence-corrected chi connectivity index (χ4v) is 3.35. The van der Waals surface area contributed by atoms with E-state index in [1.54, 1.807) is 21.9 Å². The van der Waals surface area contributed by atoms with Crippen molar-refractivity contribution in [2.24, 2.45) is 0 Å². The summed E-state index contributed by atoms with van der Waals surface area (Å²) in [4.78, 5) is 43.8. The molecule has 9 nitrogen and oxygen atoms in total. The van der Waals surface area contributed by atoms with Crippen LogP contribution in [-0.2, 0) is 9.59 Å². The molecule has 1 saturated heterocycles. The van der Waals surface area contributed by atoms with Crippen molar-refractivity contribution >= 4 is 17.8 Å². The maximum absolute atomic E-state index is 12.7. The first-order chi connectivity index (χ1) is 12.9. The van der Waals surface area contributed by atoms with Gasteiger partial charge in [-0.2, -0.15) is 0 Å². The first-order valence-corrected chi connectivity index (χ1v) is 8.95. The van der Waals surface area contributed by atoms with Crippen molar-refractivity contribution in [3.8, 4) is 5.88 Å². The number of likely N-dealkylation sites (tertiary alicyclic amines) is 1. The second-order valence-corrected chi connectivity index (χ2v) is 6.32. The van der Waals surface area contributed by atoms with Gasteiger partial charge in [0.1, 0.15) is 5.56 Å². The Balaban J connectivity index is 2.13. The van der Waals surface area contributed by atoms with Crippen LogP contribution in [0.15, 0.2) is 18.3 Å². The predicted molar refractivity (Wildman–Crippen MR) is 97.6 cm³/mol. The second kappa shape index (κ2) is 9.31. The Kier molecular flexibility index (Phi) is 7.12. The number of rotatable bonds is 8. The Hall–Kier alpha value is -2.68. The van der Waals surface area contributed by atoms with E-state index in [2.05, 4.69) is 10.3 Å². The smallest absolute Gasteiger partial charge is 0.317 e. The molecular formula is C18H26N4O5. The Bertz CT molecular complexity index is 692. The third-order valence-corrected chi connectivity index (χ3v) is 4.65. The van der Waals surface area contributed by atoms with E-state index in [1.807, 2.05) is 13.8 Å². The SMILES string of the molecule is CCN(CC)C(=O)[C@@H]1C[C@H](NC(=O)c2cccnc2OC)CN1CC(=O)O. The standard InChI is InChI=1S/C18H26N4O5/c1-4-21(5-2)18(26)14-9-12(10-22(14)11-15(23)24)20-16(25)13-7-6-8-19-17(13)27-3/h6-8,12,14H,4-5,9-11H2,1-3H3,(H,20,25)(H,23,24)/t12-,14-/m0/s1. The monoisotopic (exact) mass is 378 g/mol. The van der Waals surface area contributed by atoms with Crippen LogP contribution in [0.4, 0.5) is 0 Å². The van der Waals surface area contributed by atoms with Crippen LogP contribution in [0.25, 0.3) is 0 Å². The molecule has 2 N–H and O–H groups in total. The van der Waals surface area contributed by atoms with E-state index in [0.29, 0.717) is 25.1 Å². The molecule has 1 aliphatic heterocycles. The maximum Gasteiger partial charge on any atom is 0.317 e. The summed E-state index contributed by atoms with van der Waals surface area (Å²) >= 11 is 0. The number of hydrogen-bond acceptors (Lipinski definition) is 6. The number of pyridine rings is 1. The molecule has 1 aliphatic rings. The number of carbonyl (C=O) groups is 3. The van der Waals surface area contributed by atoms with Crippen LogP contribution in [0.5, 0.6) is 5.88 Å². The number of carboxylic acid groups (broad SMARTS) is 1. The quantitative estimate of drug-likeness (QED) is 0.665. The normalized spacial score (nSPS) is 19.5. The van der Waals surface area contributed by atoms with Crippen molar-refractivity contribution in [3.63, 3.8) is 0 Å². The Morgan fingerprint density at radius 2 is 2.07 bits per heavy atom. The highest BCUT2D eigenvalue weighted by Gasteiger charge is 2.39. The lowest BCUT2D eigenvalue weighted by molar-refractivity contribution is -0.141. The molecule has 0 aliphatic carbocycles. The van der Waals surface area contributed by atoms with Gasteiger partial charge in [-0.1, -0.05) is 0 Å². The molecule has 2 heterocycles. The first-order valence-electron chi connectivity index (χ1n) is 8.95. The van der Waals surface area contributed by atoms with Crippen LogP contribution in [0.2, 0.25) is 0 Å². The van der Waals surface area contributed by atoms with Crippen LogP contribution in [0.3, 0.4) is 0 Å². The van der Waals surface area contributed by atoms with Gasteiger partial charge >= 0.3 is 5.97 Å². The zero-order valence-corrected chi connectivity index (χ0v) is 15.8. The lowest BCUT2D eigenvalue weighted by Gasteiger charge is -2.27. The summed E-state index contributed by atoms with van der Waals surface area (Å²) in [5.74, 6) is -1.27. The summed E-state index contributed by atoms with van der Waals surface area (Å²) in [7, 11) is 1.43. The van der Waals surface area contributed by atoms with Gasteiger partial charge in [0.2, 0.25) is 11.8 Å². The van der Waals surface area contributed by atoms with Crippen LogP contribution in [0, 0.1) is 0 Å². The topological polar surface area (TPSA) is 112 Å². The minimum Gasteiger partial charge on any atom is -0.480 e. The number of amides is 2. The van der Waals surface area contributed by atoms with Crippen molar-refractivity contribution in [1.29, 1.82) is 0 Å². The van der Waals surface area contributed by atoms with Crippen LogP contribution >= 0.6 is 0 Å². The molecule has 1 fully saturated rings. The highest BCUT2D eigenvalue weighted by Crippen LogP contribution is 2.21. The molecule has 0 aromatic carbocycles. The van der Waals surface area contributed by atoms with E-state index in [1.165, 1.54) is 13.3 Å². The van der Waals surface area contributed by atoms with Crippen molar-refractivity contribution in [2.75, 3.05) is 33.3 Å². The minimum atomic E-state index is -1.01.